The summed E-state index contributed by atoms with van der Waals surface area (Å²) in [4.78, 5) is 45.0. The lowest BCUT2D eigenvalue weighted by Crippen LogP contribution is -2.29. The first kappa shape index (κ1) is 26.2. The van der Waals surface area contributed by atoms with Gasteiger partial charge in [0.25, 0.3) is 5.78 Å². The number of esters is 1. The maximum atomic E-state index is 13.5. The summed E-state index contributed by atoms with van der Waals surface area (Å²) in [6, 6.07) is 8.40. The number of carbonyl (C=O) groups is 3. The largest absolute Gasteiger partial charge is 0.507 e. The minimum atomic E-state index is -1.12. The fourth-order valence-corrected chi connectivity index (χ4v) is 5.82. The molecule has 2 aromatic carbocycles. The number of methoxy groups -OCH3 is 1. The van der Waals surface area contributed by atoms with Crippen LogP contribution in [-0.2, 0) is 20.7 Å². The molecule has 11 heteroatoms. The summed E-state index contributed by atoms with van der Waals surface area (Å²) in [6.07, 6.45) is 0.618. The Morgan fingerprint density at radius 2 is 2.00 bits per heavy atom. The van der Waals surface area contributed by atoms with Gasteiger partial charge in [0.1, 0.15) is 22.5 Å². The molecular weight excluding hydrogens is 524 g/mol. The minimum absolute atomic E-state index is 0.0193. The number of thiazole rings is 1. The van der Waals surface area contributed by atoms with Crippen LogP contribution in [0.3, 0.4) is 0 Å². The Labute approximate surface area is 228 Å². The molecule has 2 aliphatic heterocycles. The first-order chi connectivity index (χ1) is 18.6. The Morgan fingerprint density at radius 3 is 2.72 bits per heavy atom. The second-order valence-electron chi connectivity index (χ2n) is 9.19. The van der Waals surface area contributed by atoms with Gasteiger partial charge in [-0.05, 0) is 62.2 Å². The molecule has 0 saturated carbocycles. The fraction of sp³-hybridized carbons (Fsp3) is 0.286. The Hall–Kier alpha value is -4.38. The van der Waals surface area contributed by atoms with Crippen molar-refractivity contribution in [1.29, 1.82) is 0 Å². The predicted molar refractivity (Wildman–Crippen MR) is 142 cm³/mol. The van der Waals surface area contributed by atoms with Crippen LogP contribution in [0.2, 0.25) is 0 Å². The number of phenols is 1. The lowest BCUT2D eigenvalue weighted by molar-refractivity contribution is -0.132. The van der Waals surface area contributed by atoms with Gasteiger partial charge in [0, 0.05) is 12.0 Å². The van der Waals surface area contributed by atoms with Gasteiger partial charge in [0.2, 0.25) is 0 Å². The highest BCUT2D eigenvalue weighted by Crippen LogP contribution is 2.46. The molecule has 3 aromatic rings. The zero-order chi connectivity index (χ0) is 28.0. The summed E-state index contributed by atoms with van der Waals surface area (Å²) in [5.41, 5.74) is 1.79. The Kier molecular flexibility index (Phi) is 6.77. The molecule has 1 fully saturated rings. The van der Waals surface area contributed by atoms with Crippen molar-refractivity contribution in [3.05, 3.63) is 69.2 Å². The Morgan fingerprint density at radius 1 is 1.23 bits per heavy atom. The number of aliphatic hydroxyl groups excluding tert-OH is 1. The monoisotopic (exact) mass is 550 g/mol. The van der Waals surface area contributed by atoms with Gasteiger partial charge in [-0.15, -0.1) is 0 Å². The highest BCUT2D eigenvalue weighted by atomic mass is 32.1. The van der Waals surface area contributed by atoms with Gasteiger partial charge in [-0.1, -0.05) is 17.4 Å². The number of nitrogens with zero attached hydrogens (tertiary/aromatic N) is 2. The van der Waals surface area contributed by atoms with Crippen LogP contribution in [0.1, 0.15) is 51.9 Å². The van der Waals surface area contributed by atoms with Crippen molar-refractivity contribution >= 4 is 39.9 Å². The van der Waals surface area contributed by atoms with E-state index in [1.807, 2.05) is 6.92 Å². The molecule has 1 aromatic heterocycles. The van der Waals surface area contributed by atoms with Gasteiger partial charge in [0.15, 0.2) is 16.6 Å². The number of benzene rings is 2. The van der Waals surface area contributed by atoms with Gasteiger partial charge in [-0.2, -0.15) is 0 Å². The summed E-state index contributed by atoms with van der Waals surface area (Å²) in [5, 5.41) is 21.8. The molecule has 1 amide bonds. The van der Waals surface area contributed by atoms with Crippen LogP contribution in [0, 0.1) is 6.92 Å². The number of anilines is 1. The average molecular weight is 551 g/mol. The van der Waals surface area contributed by atoms with Crippen molar-refractivity contribution in [2.45, 2.75) is 39.3 Å². The van der Waals surface area contributed by atoms with E-state index in [0.717, 1.165) is 21.8 Å². The highest BCUT2D eigenvalue weighted by Gasteiger charge is 2.48. The first-order valence-corrected chi connectivity index (χ1v) is 13.1. The molecule has 5 rings (SSSR count). The Balaban J connectivity index is 1.71. The normalized spacial score (nSPS) is 19.6. The molecule has 0 aliphatic carbocycles. The van der Waals surface area contributed by atoms with E-state index < -0.39 is 23.7 Å². The lowest BCUT2D eigenvalue weighted by atomic mass is 9.94. The highest BCUT2D eigenvalue weighted by molar-refractivity contribution is 7.17. The number of phenolic OH excluding ortho intramolecular Hbond substituents is 1. The summed E-state index contributed by atoms with van der Waals surface area (Å²) in [6.45, 7) is 5.55. The second-order valence-corrected chi connectivity index (χ2v) is 10.2. The molecule has 2 atom stereocenters. The number of rotatable bonds is 6. The summed E-state index contributed by atoms with van der Waals surface area (Å²) in [7, 11) is 1.24. The van der Waals surface area contributed by atoms with Crippen LogP contribution in [0.15, 0.2) is 42.0 Å². The van der Waals surface area contributed by atoms with Crippen molar-refractivity contribution in [1.82, 2.24) is 4.98 Å². The van der Waals surface area contributed by atoms with E-state index in [1.165, 1.54) is 25.3 Å². The number of ketones is 1. The number of amides is 1. The maximum absolute atomic E-state index is 13.5. The predicted octanol–water partition coefficient (Wildman–Crippen LogP) is 4.29. The van der Waals surface area contributed by atoms with E-state index in [2.05, 4.69) is 4.98 Å². The third-order valence-corrected chi connectivity index (χ3v) is 7.71. The summed E-state index contributed by atoms with van der Waals surface area (Å²) in [5.74, 6) is -2.10. The van der Waals surface area contributed by atoms with E-state index in [0.29, 0.717) is 29.0 Å². The van der Waals surface area contributed by atoms with Crippen LogP contribution < -0.4 is 14.4 Å². The molecule has 39 heavy (non-hydrogen) atoms. The smallest absolute Gasteiger partial charge is 0.350 e. The van der Waals surface area contributed by atoms with Crippen molar-refractivity contribution < 1.29 is 38.8 Å². The summed E-state index contributed by atoms with van der Waals surface area (Å²) < 4.78 is 16.1. The number of hydrogen-bond acceptors (Lipinski definition) is 10. The number of aromatic nitrogens is 1. The zero-order valence-corrected chi connectivity index (χ0v) is 22.5. The number of hydrogen-bond donors (Lipinski definition) is 2. The van der Waals surface area contributed by atoms with Crippen molar-refractivity contribution in [2.24, 2.45) is 0 Å². The lowest BCUT2D eigenvalue weighted by Gasteiger charge is -2.23. The number of aryl methyl sites for hydroxylation is 1. The maximum Gasteiger partial charge on any atom is 0.350 e. The van der Waals surface area contributed by atoms with E-state index in [9.17, 15) is 24.6 Å². The molecule has 1 saturated heterocycles. The standard InChI is InChI=1S/C28H26N2O8S/c1-5-37-20-12-15(6-8-18(20)31)22-21(23(32)16-7-9-19-17(11-16)10-13(2)38-19)24(33)26(34)30(22)28-29-14(3)25(39-28)27(35)36-4/h6-9,11-13,22,31-32H,5,10H2,1-4H3/b23-21+. The number of aromatic hydroxyl groups is 1. The first-order valence-electron chi connectivity index (χ1n) is 12.3. The van der Waals surface area contributed by atoms with Crippen molar-refractivity contribution in [2.75, 3.05) is 18.6 Å². The van der Waals surface area contributed by atoms with Crippen LogP contribution in [-0.4, -0.2) is 52.7 Å². The molecule has 0 bridgehead atoms. The van der Waals surface area contributed by atoms with E-state index >= 15 is 0 Å². The molecule has 10 nitrogen and oxygen atoms in total. The Bertz CT molecular complexity index is 1540. The second kappa shape index (κ2) is 10.1. The van der Waals surface area contributed by atoms with Crippen LogP contribution in [0.5, 0.6) is 17.2 Å². The van der Waals surface area contributed by atoms with Crippen LogP contribution >= 0.6 is 11.3 Å². The quantitative estimate of drug-likeness (QED) is 0.199. The topological polar surface area (TPSA) is 135 Å². The number of fused-ring (bicyclic) bond motifs is 1. The number of aliphatic hydroxyl groups is 1. The average Bonchev–Trinajstić information content (AvgIpc) is 3.56. The molecule has 2 N–H and O–H groups in total. The number of Topliss-reactive ketones (excluding diaryl/α,β-unsaturated/α-hetero) is 1. The third-order valence-electron chi connectivity index (χ3n) is 6.58. The third kappa shape index (κ3) is 4.48. The van der Waals surface area contributed by atoms with Crippen LogP contribution in [0.25, 0.3) is 5.76 Å². The van der Waals surface area contributed by atoms with E-state index in [-0.39, 0.29) is 45.6 Å². The van der Waals surface area contributed by atoms with Crippen LogP contribution in [0.4, 0.5) is 5.13 Å². The minimum Gasteiger partial charge on any atom is -0.507 e. The molecular formula is C28H26N2O8S. The van der Waals surface area contributed by atoms with E-state index in [1.54, 1.807) is 32.0 Å². The molecule has 2 aliphatic rings. The number of carbonyl (C=O) groups excluding carboxylic acids is 3. The number of ether oxygens (including phenoxy) is 3. The van der Waals surface area contributed by atoms with Gasteiger partial charge >= 0.3 is 11.9 Å². The molecule has 0 spiro atoms. The molecule has 202 valence electrons. The van der Waals surface area contributed by atoms with Gasteiger partial charge in [0.05, 0.1) is 31.0 Å². The van der Waals surface area contributed by atoms with Gasteiger partial charge in [-0.25, -0.2) is 9.78 Å². The molecule has 0 radical (unpaired) electrons. The SMILES string of the molecule is CCOc1cc(C2/C(=C(\O)c3ccc4c(c3)CC(C)O4)C(=O)C(=O)N2c2nc(C)c(C(=O)OC)s2)ccc1O. The van der Waals surface area contributed by atoms with Gasteiger partial charge < -0.3 is 24.4 Å². The van der Waals surface area contributed by atoms with Gasteiger partial charge in [-0.3, -0.25) is 14.5 Å². The zero-order valence-electron chi connectivity index (χ0n) is 21.7. The molecule has 2 unspecified atom stereocenters. The van der Waals surface area contributed by atoms with Crippen molar-refractivity contribution in [3.63, 3.8) is 0 Å². The van der Waals surface area contributed by atoms with Crippen molar-refractivity contribution in [3.8, 4) is 17.2 Å². The van der Waals surface area contributed by atoms with E-state index in [4.69, 9.17) is 14.2 Å². The summed E-state index contributed by atoms with van der Waals surface area (Å²) >= 11 is 0.903. The fourth-order valence-electron chi connectivity index (χ4n) is 4.81. The molecule has 3 heterocycles.